The lowest BCUT2D eigenvalue weighted by Gasteiger charge is -2.26. The number of nitrogens with zero attached hydrogens (tertiary/aromatic N) is 2. The molecule has 2 aromatic carbocycles. The van der Waals surface area contributed by atoms with Gasteiger partial charge in [-0.3, -0.25) is 9.69 Å². The van der Waals surface area contributed by atoms with Crippen molar-refractivity contribution in [3.05, 3.63) is 59.2 Å². The smallest absolute Gasteiger partial charge is 0.322 e. The molecule has 0 bridgehead atoms. The Labute approximate surface area is 171 Å². The zero-order valence-corrected chi connectivity index (χ0v) is 17.0. The Morgan fingerprint density at radius 3 is 2.79 bits per heavy atom. The normalized spacial score (nSPS) is 18.8. The molecule has 6 nitrogen and oxygen atoms in total. The van der Waals surface area contributed by atoms with Gasteiger partial charge in [-0.1, -0.05) is 12.1 Å². The van der Waals surface area contributed by atoms with E-state index in [4.69, 9.17) is 4.74 Å². The number of carbonyl (C=O) groups is 2. The Morgan fingerprint density at radius 1 is 1.21 bits per heavy atom. The van der Waals surface area contributed by atoms with E-state index < -0.39 is 0 Å². The monoisotopic (exact) mass is 393 g/mol. The second kappa shape index (κ2) is 8.15. The second-order valence-corrected chi connectivity index (χ2v) is 7.74. The third kappa shape index (κ3) is 3.92. The summed E-state index contributed by atoms with van der Waals surface area (Å²) in [5.41, 5.74) is 3.67. The van der Waals surface area contributed by atoms with Crippen molar-refractivity contribution in [3.63, 3.8) is 0 Å². The van der Waals surface area contributed by atoms with Crippen LogP contribution in [0.2, 0.25) is 0 Å². The SMILES string of the molecule is COc1cccc(CC2CCCN2C(=O)c2ccc(N3CCNC3=O)c(C)c2)c1. The number of amides is 3. The van der Waals surface area contributed by atoms with Crippen LogP contribution < -0.4 is 15.0 Å². The average molecular weight is 393 g/mol. The van der Waals surface area contributed by atoms with Crippen molar-refractivity contribution < 1.29 is 14.3 Å². The fourth-order valence-electron chi connectivity index (χ4n) is 4.35. The number of likely N-dealkylation sites (tertiary alicyclic amines) is 1. The number of methoxy groups -OCH3 is 1. The molecule has 29 heavy (non-hydrogen) atoms. The molecular weight excluding hydrogens is 366 g/mol. The fraction of sp³-hybridized carbons (Fsp3) is 0.391. The lowest BCUT2D eigenvalue weighted by molar-refractivity contribution is 0.0736. The second-order valence-electron chi connectivity index (χ2n) is 7.74. The van der Waals surface area contributed by atoms with Crippen LogP contribution in [-0.4, -0.2) is 49.6 Å². The molecule has 2 fully saturated rings. The highest BCUT2D eigenvalue weighted by atomic mass is 16.5. The highest BCUT2D eigenvalue weighted by Gasteiger charge is 2.30. The molecule has 1 unspecified atom stereocenters. The largest absolute Gasteiger partial charge is 0.497 e. The predicted molar refractivity (Wildman–Crippen MR) is 113 cm³/mol. The van der Waals surface area contributed by atoms with Crippen molar-refractivity contribution >= 4 is 17.6 Å². The Hall–Kier alpha value is -3.02. The number of hydrogen-bond acceptors (Lipinski definition) is 3. The van der Waals surface area contributed by atoms with Crippen molar-refractivity contribution in [1.29, 1.82) is 0 Å². The summed E-state index contributed by atoms with van der Waals surface area (Å²) in [7, 11) is 1.67. The Kier molecular flexibility index (Phi) is 5.43. The van der Waals surface area contributed by atoms with Gasteiger partial charge in [-0.25, -0.2) is 4.79 Å². The maximum absolute atomic E-state index is 13.2. The van der Waals surface area contributed by atoms with Crippen LogP contribution in [0.4, 0.5) is 10.5 Å². The summed E-state index contributed by atoms with van der Waals surface area (Å²) in [4.78, 5) is 28.9. The van der Waals surface area contributed by atoms with Crippen molar-refractivity contribution in [2.45, 2.75) is 32.2 Å². The number of urea groups is 1. The summed E-state index contributed by atoms with van der Waals surface area (Å²) in [6.07, 6.45) is 2.85. The molecule has 1 N–H and O–H groups in total. The van der Waals surface area contributed by atoms with Crippen LogP contribution in [0.1, 0.15) is 34.3 Å². The van der Waals surface area contributed by atoms with E-state index in [-0.39, 0.29) is 18.0 Å². The Bertz CT molecular complexity index is 927. The first-order valence-corrected chi connectivity index (χ1v) is 10.2. The number of carbonyl (C=O) groups excluding carboxylic acids is 2. The quantitative estimate of drug-likeness (QED) is 0.847. The maximum Gasteiger partial charge on any atom is 0.322 e. The van der Waals surface area contributed by atoms with Crippen LogP contribution in [-0.2, 0) is 6.42 Å². The minimum Gasteiger partial charge on any atom is -0.497 e. The fourth-order valence-corrected chi connectivity index (χ4v) is 4.35. The molecule has 0 radical (unpaired) electrons. The predicted octanol–water partition coefficient (Wildman–Crippen LogP) is 3.38. The molecule has 3 amide bonds. The van der Waals surface area contributed by atoms with Crippen LogP contribution in [0.15, 0.2) is 42.5 Å². The van der Waals surface area contributed by atoms with E-state index in [1.54, 1.807) is 12.0 Å². The molecule has 2 aromatic rings. The number of ether oxygens (including phenoxy) is 1. The number of benzene rings is 2. The summed E-state index contributed by atoms with van der Waals surface area (Å²) in [5.74, 6) is 0.909. The molecule has 4 rings (SSSR count). The van der Waals surface area contributed by atoms with Crippen LogP contribution in [0.5, 0.6) is 5.75 Å². The zero-order valence-electron chi connectivity index (χ0n) is 17.0. The highest BCUT2D eigenvalue weighted by molar-refractivity contribution is 5.98. The van der Waals surface area contributed by atoms with Gasteiger partial charge in [0.2, 0.25) is 0 Å². The molecule has 152 valence electrons. The molecule has 0 aromatic heterocycles. The summed E-state index contributed by atoms with van der Waals surface area (Å²) in [6.45, 7) is 4.04. The molecule has 0 spiro atoms. The lowest BCUT2D eigenvalue weighted by Crippen LogP contribution is -2.37. The lowest BCUT2D eigenvalue weighted by atomic mass is 10.0. The van der Waals surface area contributed by atoms with Gasteiger partial charge < -0.3 is 15.0 Å². The van der Waals surface area contributed by atoms with E-state index in [1.807, 2.05) is 48.2 Å². The van der Waals surface area contributed by atoms with E-state index in [9.17, 15) is 9.59 Å². The first-order valence-electron chi connectivity index (χ1n) is 10.2. The van der Waals surface area contributed by atoms with E-state index in [0.29, 0.717) is 18.7 Å². The van der Waals surface area contributed by atoms with Gasteiger partial charge in [0.1, 0.15) is 5.75 Å². The molecule has 1 atom stereocenters. The average Bonchev–Trinajstić information content (AvgIpc) is 3.36. The molecule has 0 aliphatic carbocycles. The zero-order chi connectivity index (χ0) is 20.4. The number of rotatable bonds is 5. The number of hydrogen-bond donors (Lipinski definition) is 1. The van der Waals surface area contributed by atoms with Crippen molar-refractivity contribution in [3.8, 4) is 5.75 Å². The van der Waals surface area contributed by atoms with Crippen molar-refractivity contribution in [2.75, 3.05) is 31.6 Å². The minimum absolute atomic E-state index is 0.0657. The van der Waals surface area contributed by atoms with Gasteiger partial charge in [-0.05, 0) is 67.6 Å². The van der Waals surface area contributed by atoms with Gasteiger partial charge >= 0.3 is 6.03 Å². The van der Waals surface area contributed by atoms with E-state index >= 15 is 0 Å². The first-order chi connectivity index (χ1) is 14.1. The summed E-state index contributed by atoms with van der Waals surface area (Å²) < 4.78 is 5.32. The van der Waals surface area contributed by atoms with Crippen molar-refractivity contribution in [2.24, 2.45) is 0 Å². The van der Waals surface area contributed by atoms with Crippen LogP contribution in [0.25, 0.3) is 0 Å². The molecule has 2 heterocycles. The molecule has 0 saturated carbocycles. The van der Waals surface area contributed by atoms with Gasteiger partial charge in [0.05, 0.1) is 7.11 Å². The summed E-state index contributed by atoms with van der Waals surface area (Å²) in [5, 5.41) is 2.82. The van der Waals surface area contributed by atoms with E-state index in [2.05, 4.69) is 11.4 Å². The highest BCUT2D eigenvalue weighted by Crippen LogP contribution is 2.27. The minimum atomic E-state index is -0.0786. The van der Waals surface area contributed by atoms with Crippen LogP contribution in [0.3, 0.4) is 0 Å². The third-order valence-electron chi connectivity index (χ3n) is 5.83. The summed E-state index contributed by atoms with van der Waals surface area (Å²) in [6, 6.07) is 13.8. The van der Waals surface area contributed by atoms with Crippen LogP contribution >= 0.6 is 0 Å². The van der Waals surface area contributed by atoms with Crippen molar-refractivity contribution in [1.82, 2.24) is 10.2 Å². The van der Waals surface area contributed by atoms with Gasteiger partial charge in [-0.2, -0.15) is 0 Å². The van der Waals surface area contributed by atoms with Gasteiger partial charge in [0.15, 0.2) is 0 Å². The number of anilines is 1. The molecule has 2 aliphatic rings. The molecule has 2 aliphatic heterocycles. The topological polar surface area (TPSA) is 61.9 Å². The molecule has 2 saturated heterocycles. The standard InChI is InChI=1S/C23H27N3O3/c1-16-13-18(8-9-21(16)26-12-10-24-23(26)28)22(27)25-11-4-6-19(25)14-17-5-3-7-20(15-17)29-2/h3,5,7-9,13,15,19H,4,6,10-12,14H2,1-2H3,(H,24,28). The van der Waals surface area contributed by atoms with Crippen LogP contribution in [0, 0.1) is 6.92 Å². The molecular formula is C23H27N3O3. The van der Waals surface area contributed by atoms with Gasteiger partial charge in [0, 0.05) is 36.9 Å². The number of nitrogens with one attached hydrogen (secondary N) is 1. The summed E-state index contributed by atoms with van der Waals surface area (Å²) >= 11 is 0. The van der Waals surface area contributed by atoms with E-state index in [1.165, 1.54) is 5.56 Å². The number of aryl methyl sites for hydroxylation is 1. The van der Waals surface area contributed by atoms with Gasteiger partial charge in [-0.15, -0.1) is 0 Å². The van der Waals surface area contributed by atoms with Gasteiger partial charge in [0.25, 0.3) is 5.91 Å². The van der Waals surface area contributed by atoms with E-state index in [0.717, 1.165) is 42.8 Å². The maximum atomic E-state index is 13.2. The first kappa shape index (κ1) is 19.3. The third-order valence-corrected chi connectivity index (χ3v) is 5.83. The Balaban J connectivity index is 1.50. The Morgan fingerprint density at radius 2 is 2.07 bits per heavy atom. The molecule has 6 heteroatoms.